The first-order valence-corrected chi connectivity index (χ1v) is 8.16. The summed E-state index contributed by atoms with van der Waals surface area (Å²) in [6.45, 7) is 0. The molecule has 0 spiro atoms. The molecule has 5 nitrogen and oxygen atoms in total. The largest absolute Gasteiger partial charge is 0.330 e. The van der Waals surface area contributed by atoms with Gasteiger partial charge in [0.05, 0.1) is 4.88 Å². The summed E-state index contributed by atoms with van der Waals surface area (Å²) in [5.74, 6) is 0. The van der Waals surface area contributed by atoms with Crippen molar-refractivity contribution < 1.29 is 0 Å². The Kier molecular flexibility index (Phi) is 3.90. The third kappa shape index (κ3) is 2.77. The lowest BCUT2D eigenvalue weighted by Gasteiger charge is -2.02. The highest BCUT2D eigenvalue weighted by Gasteiger charge is 2.12. The second kappa shape index (κ2) is 5.99. The van der Waals surface area contributed by atoms with Crippen molar-refractivity contribution in [1.82, 2.24) is 15.4 Å². The van der Waals surface area contributed by atoms with Gasteiger partial charge < -0.3 is 4.72 Å². The zero-order valence-corrected chi connectivity index (χ0v) is 12.8. The van der Waals surface area contributed by atoms with Crippen LogP contribution in [-0.2, 0) is 0 Å². The van der Waals surface area contributed by atoms with E-state index in [2.05, 4.69) is 32.3 Å². The number of aromatic nitrogens is 3. The topological polar surface area (TPSA) is 77.4 Å². The molecular weight excluding hydrogens is 302 g/mol. The number of hydrogen-bond acceptors (Lipinski definition) is 6. The fourth-order valence-corrected chi connectivity index (χ4v) is 3.30. The van der Waals surface area contributed by atoms with Gasteiger partial charge in [0.25, 0.3) is 0 Å². The second-order valence-corrected chi connectivity index (χ2v) is 5.88. The number of thiophene rings is 1. The Morgan fingerprint density at radius 2 is 1.90 bits per heavy atom. The van der Waals surface area contributed by atoms with Crippen LogP contribution in [0.25, 0.3) is 21.0 Å². The molecular formula is C14H11N5S2. The van der Waals surface area contributed by atoms with Crippen LogP contribution in [-0.4, -0.2) is 21.7 Å². The first-order valence-electron chi connectivity index (χ1n) is 6.12. The molecule has 0 atom stereocenters. The first kappa shape index (κ1) is 13.7. The minimum Gasteiger partial charge on any atom is -0.330 e. The summed E-state index contributed by atoms with van der Waals surface area (Å²) < 4.78 is 3.19. The van der Waals surface area contributed by atoms with Crippen LogP contribution in [0, 0.1) is 11.3 Å². The summed E-state index contributed by atoms with van der Waals surface area (Å²) in [6, 6.07) is 14.3. The number of rotatable bonds is 4. The van der Waals surface area contributed by atoms with Crippen LogP contribution >= 0.6 is 23.3 Å². The van der Waals surface area contributed by atoms with Crippen LogP contribution in [0.2, 0.25) is 0 Å². The zero-order chi connectivity index (χ0) is 14.7. The van der Waals surface area contributed by atoms with E-state index in [9.17, 15) is 0 Å². The summed E-state index contributed by atoms with van der Waals surface area (Å²) in [7, 11) is 0. The minimum absolute atomic E-state index is 0.322. The molecule has 2 heterocycles. The van der Waals surface area contributed by atoms with Crippen LogP contribution in [0.15, 0.2) is 36.4 Å². The van der Waals surface area contributed by atoms with E-state index in [1.165, 1.54) is 0 Å². The molecule has 0 fully saturated rings. The maximum absolute atomic E-state index is 9.00. The van der Waals surface area contributed by atoms with E-state index in [0.717, 1.165) is 21.0 Å². The Hall–Kier alpha value is -2.30. The first-order chi connectivity index (χ1) is 10.3. The summed E-state index contributed by atoms with van der Waals surface area (Å²) >= 11 is 3.16. The molecule has 7 heteroatoms. The second-order valence-electron chi connectivity index (χ2n) is 4.18. The lowest BCUT2D eigenvalue weighted by molar-refractivity contribution is 0.937. The van der Waals surface area contributed by atoms with Gasteiger partial charge in [-0.05, 0) is 29.8 Å². The molecule has 0 unspecified atom stereocenters. The molecule has 2 N–H and O–H groups in total. The highest BCUT2D eigenvalue weighted by atomic mass is 32.2. The zero-order valence-electron chi connectivity index (χ0n) is 11.1. The number of nitrogens with one attached hydrogen (secondary N) is 2. The highest BCUT2D eigenvalue weighted by Crippen LogP contribution is 2.34. The van der Waals surface area contributed by atoms with Crippen molar-refractivity contribution in [3.05, 3.63) is 42.1 Å². The van der Waals surface area contributed by atoms with Crippen LogP contribution in [0.3, 0.4) is 0 Å². The van der Waals surface area contributed by atoms with Crippen molar-refractivity contribution in [2.24, 2.45) is 0 Å². The van der Waals surface area contributed by atoms with Crippen molar-refractivity contribution in [3.63, 3.8) is 0 Å². The number of nitrogens with zero attached hydrogens (tertiary/aromatic N) is 3. The van der Waals surface area contributed by atoms with Crippen molar-refractivity contribution in [2.75, 3.05) is 11.0 Å². The number of anilines is 1. The normalized spacial score (nSPS) is 10.3. The summed E-state index contributed by atoms with van der Waals surface area (Å²) in [5.41, 5.74) is 3.14. The maximum atomic E-state index is 9.00. The molecule has 3 rings (SSSR count). The Morgan fingerprint density at radius 1 is 1.14 bits per heavy atom. The van der Waals surface area contributed by atoms with Gasteiger partial charge in [-0.3, -0.25) is 0 Å². The minimum atomic E-state index is 0.322. The maximum Gasteiger partial charge on any atom is 0.191 e. The molecule has 0 aliphatic heterocycles. The number of H-pyrrole nitrogens is 1. The van der Waals surface area contributed by atoms with E-state index >= 15 is 0 Å². The van der Waals surface area contributed by atoms with Gasteiger partial charge in [-0.2, -0.15) is 15.6 Å². The van der Waals surface area contributed by atoms with Gasteiger partial charge in [-0.1, -0.05) is 24.1 Å². The van der Waals surface area contributed by atoms with E-state index < -0.39 is 0 Å². The Bertz CT molecular complexity index is 782. The summed E-state index contributed by atoms with van der Waals surface area (Å²) in [4.78, 5) is 2.06. The number of nitriles is 1. The predicted molar refractivity (Wildman–Crippen MR) is 87.0 cm³/mol. The van der Waals surface area contributed by atoms with Crippen LogP contribution in [0.5, 0.6) is 0 Å². The smallest absolute Gasteiger partial charge is 0.191 e. The summed E-state index contributed by atoms with van der Waals surface area (Å²) in [6.07, 6.45) is 1.99. The van der Waals surface area contributed by atoms with Gasteiger partial charge in [0.1, 0.15) is 11.8 Å². The van der Waals surface area contributed by atoms with Crippen molar-refractivity contribution in [1.29, 1.82) is 5.26 Å². The molecule has 0 saturated carbocycles. The van der Waals surface area contributed by atoms with Gasteiger partial charge in [0, 0.05) is 16.8 Å². The summed E-state index contributed by atoms with van der Waals surface area (Å²) in [5, 5.41) is 19.4. The lowest BCUT2D eigenvalue weighted by Crippen LogP contribution is -1.83. The number of benzene rings is 1. The monoisotopic (exact) mass is 313 g/mol. The van der Waals surface area contributed by atoms with Gasteiger partial charge in [0.2, 0.25) is 0 Å². The molecule has 0 aliphatic rings. The molecule has 2 aromatic heterocycles. The highest BCUT2D eigenvalue weighted by molar-refractivity contribution is 7.99. The van der Waals surface area contributed by atoms with Gasteiger partial charge >= 0.3 is 0 Å². The lowest BCUT2D eigenvalue weighted by atomic mass is 10.2. The Morgan fingerprint density at radius 3 is 2.62 bits per heavy atom. The third-order valence-electron chi connectivity index (χ3n) is 2.88. The Labute approximate surface area is 130 Å². The van der Waals surface area contributed by atoms with Crippen molar-refractivity contribution in [2.45, 2.75) is 0 Å². The molecule has 21 heavy (non-hydrogen) atoms. The van der Waals surface area contributed by atoms with Gasteiger partial charge in [-0.25, -0.2) is 0 Å². The fraction of sp³-hybridized carbons (Fsp3) is 0.0714. The Balaban J connectivity index is 1.90. The quantitative estimate of drug-likeness (QED) is 0.717. The van der Waals surface area contributed by atoms with E-state index in [0.29, 0.717) is 11.4 Å². The van der Waals surface area contributed by atoms with Crippen LogP contribution < -0.4 is 4.72 Å². The van der Waals surface area contributed by atoms with E-state index in [1.54, 1.807) is 23.3 Å². The standard InChI is InChI=1S/C14H11N5S2/c1-20-18-10-4-2-9(3-5-10)12-6-7-13(21-12)14-11(8-15)16-19-17-14/h2-7,18H,1H3,(H,16,17,19). The molecule has 0 saturated heterocycles. The average Bonchev–Trinajstić information content (AvgIpc) is 3.17. The van der Waals surface area contributed by atoms with Crippen LogP contribution in [0.1, 0.15) is 5.69 Å². The van der Waals surface area contributed by atoms with Gasteiger partial charge in [0.15, 0.2) is 5.69 Å². The van der Waals surface area contributed by atoms with Crippen molar-refractivity contribution in [3.8, 4) is 27.1 Å². The average molecular weight is 313 g/mol. The molecule has 0 aliphatic carbocycles. The fourth-order valence-electron chi connectivity index (χ4n) is 1.92. The molecule has 1 aromatic carbocycles. The molecule has 0 amide bonds. The molecule has 3 aromatic rings. The third-order valence-corrected chi connectivity index (χ3v) is 4.46. The molecule has 104 valence electrons. The molecule has 0 radical (unpaired) electrons. The molecule has 0 bridgehead atoms. The number of hydrogen-bond donors (Lipinski definition) is 2. The predicted octanol–water partition coefficient (Wildman–Crippen LogP) is 3.76. The van der Waals surface area contributed by atoms with Crippen LogP contribution in [0.4, 0.5) is 5.69 Å². The van der Waals surface area contributed by atoms with Gasteiger partial charge in [-0.15, -0.1) is 16.4 Å². The van der Waals surface area contributed by atoms with E-state index in [1.807, 2.05) is 36.6 Å². The SMILES string of the molecule is CSNc1ccc(-c2ccc(-c3n[nH]nc3C#N)s2)cc1. The van der Waals surface area contributed by atoms with Crippen molar-refractivity contribution >= 4 is 29.0 Å². The number of aromatic amines is 1. The van der Waals surface area contributed by atoms with E-state index in [-0.39, 0.29) is 0 Å². The van der Waals surface area contributed by atoms with E-state index in [4.69, 9.17) is 5.26 Å².